The molecule has 2 aromatic rings. The molecular formula is C13H9F3N2O3S. The molecule has 0 aliphatic rings. The molecule has 0 aliphatic heterocycles. The van der Waals surface area contributed by atoms with Crippen LogP contribution in [-0.2, 0) is 11.2 Å². The molecule has 1 amide bonds. The third-order valence-corrected chi connectivity index (χ3v) is 3.81. The van der Waals surface area contributed by atoms with E-state index in [4.69, 9.17) is 5.73 Å². The van der Waals surface area contributed by atoms with E-state index < -0.39 is 29.2 Å². The molecular weight excluding hydrogens is 321 g/mol. The summed E-state index contributed by atoms with van der Waals surface area (Å²) in [4.78, 5) is 14.9. The van der Waals surface area contributed by atoms with Gasteiger partial charge in [-0.05, 0) is 24.3 Å². The van der Waals surface area contributed by atoms with Gasteiger partial charge in [-0.15, -0.1) is 13.2 Å². The summed E-state index contributed by atoms with van der Waals surface area (Å²) in [5, 5.41) is 0. The molecule has 2 rings (SSSR count). The summed E-state index contributed by atoms with van der Waals surface area (Å²) >= 11 is -1.77. The number of nitrogens with zero attached hydrogens (tertiary/aromatic N) is 1. The van der Waals surface area contributed by atoms with Crippen LogP contribution in [0.3, 0.4) is 0 Å². The van der Waals surface area contributed by atoms with E-state index in [2.05, 4.69) is 9.72 Å². The number of primary amides is 1. The van der Waals surface area contributed by atoms with Crippen molar-refractivity contribution in [2.24, 2.45) is 5.73 Å². The van der Waals surface area contributed by atoms with Gasteiger partial charge in [-0.3, -0.25) is 4.79 Å². The van der Waals surface area contributed by atoms with Gasteiger partial charge >= 0.3 is 6.36 Å². The standard InChI is InChI=1S/C13H9F3N2O3S/c14-13(15,16)21-8-2-1-3-9(6-8)22(20)10-4-5-11(12(17)19)18-7-10/h1-7H,(H2,17,19). The van der Waals surface area contributed by atoms with Gasteiger partial charge in [0.2, 0.25) is 0 Å². The van der Waals surface area contributed by atoms with E-state index in [0.29, 0.717) is 0 Å². The van der Waals surface area contributed by atoms with Crippen molar-refractivity contribution in [2.75, 3.05) is 0 Å². The maximum Gasteiger partial charge on any atom is 0.573 e. The number of hydrogen-bond acceptors (Lipinski definition) is 4. The number of ether oxygens (including phenoxy) is 1. The van der Waals surface area contributed by atoms with Crippen molar-refractivity contribution < 1.29 is 27.3 Å². The molecule has 0 bridgehead atoms. The molecule has 5 nitrogen and oxygen atoms in total. The fourth-order valence-electron chi connectivity index (χ4n) is 1.56. The molecule has 116 valence electrons. The van der Waals surface area contributed by atoms with Gasteiger partial charge in [-0.2, -0.15) is 0 Å². The molecule has 0 fully saturated rings. The van der Waals surface area contributed by atoms with E-state index in [1.165, 1.54) is 30.5 Å². The zero-order chi connectivity index (χ0) is 16.3. The summed E-state index contributed by atoms with van der Waals surface area (Å²) in [5.74, 6) is -1.21. The Morgan fingerprint density at radius 1 is 1.23 bits per heavy atom. The first-order valence-electron chi connectivity index (χ1n) is 5.80. The Kier molecular flexibility index (Phi) is 4.57. The maximum absolute atomic E-state index is 12.3. The number of nitrogens with two attached hydrogens (primary N) is 1. The lowest BCUT2D eigenvalue weighted by atomic mass is 10.3. The van der Waals surface area contributed by atoms with Crippen LogP contribution in [0.4, 0.5) is 13.2 Å². The van der Waals surface area contributed by atoms with Crippen molar-refractivity contribution in [1.29, 1.82) is 0 Å². The lowest BCUT2D eigenvalue weighted by Crippen LogP contribution is -2.17. The van der Waals surface area contributed by atoms with Crippen LogP contribution in [-0.4, -0.2) is 21.8 Å². The van der Waals surface area contributed by atoms with Crippen LogP contribution in [0, 0.1) is 0 Å². The summed E-state index contributed by atoms with van der Waals surface area (Å²) in [5.41, 5.74) is 5.02. The molecule has 1 aromatic carbocycles. The highest BCUT2D eigenvalue weighted by atomic mass is 32.2. The number of pyridine rings is 1. The highest BCUT2D eigenvalue weighted by Gasteiger charge is 2.31. The number of rotatable bonds is 4. The van der Waals surface area contributed by atoms with Crippen molar-refractivity contribution >= 4 is 17.1 Å². The smallest absolute Gasteiger partial charge is 0.573 e. The molecule has 1 unspecified atom stereocenters. The lowest BCUT2D eigenvalue weighted by molar-refractivity contribution is -0.274. The number of halogens is 3. The average molecular weight is 330 g/mol. The van der Waals surface area contributed by atoms with Crippen LogP contribution in [0.25, 0.3) is 0 Å². The molecule has 0 spiro atoms. The summed E-state index contributed by atoms with van der Waals surface area (Å²) in [6, 6.07) is 7.45. The maximum atomic E-state index is 12.3. The number of amides is 1. The second-order valence-electron chi connectivity index (χ2n) is 4.03. The molecule has 22 heavy (non-hydrogen) atoms. The van der Waals surface area contributed by atoms with Crippen LogP contribution in [0.15, 0.2) is 52.4 Å². The predicted molar refractivity (Wildman–Crippen MR) is 70.6 cm³/mol. The first-order valence-corrected chi connectivity index (χ1v) is 6.95. The summed E-state index contributed by atoms with van der Waals surface area (Å²) in [7, 11) is 0. The molecule has 2 N–H and O–H groups in total. The number of benzene rings is 1. The minimum absolute atomic E-state index is 0.00472. The molecule has 0 saturated heterocycles. The van der Waals surface area contributed by atoms with Crippen molar-refractivity contribution in [3.8, 4) is 5.75 Å². The highest BCUT2D eigenvalue weighted by Crippen LogP contribution is 2.27. The van der Waals surface area contributed by atoms with E-state index in [0.717, 1.165) is 12.1 Å². The Hall–Kier alpha value is -2.26. The van der Waals surface area contributed by atoms with Crippen LogP contribution in [0.1, 0.15) is 10.5 Å². The van der Waals surface area contributed by atoms with Gasteiger partial charge in [-0.25, -0.2) is 4.98 Å². The third-order valence-electron chi connectivity index (χ3n) is 2.46. The zero-order valence-electron chi connectivity index (χ0n) is 10.8. The second kappa shape index (κ2) is 6.24. The molecule has 0 saturated carbocycles. The number of aromatic nitrogens is 1. The van der Waals surface area contributed by atoms with Crippen molar-refractivity contribution in [3.63, 3.8) is 0 Å². The second-order valence-corrected chi connectivity index (χ2v) is 5.52. The summed E-state index contributed by atoms with van der Waals surface area (Å²) in [6.07, 6.45) is -3.65. The fraction of sp³-hybridized carbons (Fsp3) is 0.0769. The molecule has 1 aromatic heterocycles. The van der Waals surface area contributed by atoms with Crippen molar-refractivity contribution in [1.82, 2.24) is 4.98 Å². The quantitative estimate of drug-likeness (QED) is 0.871. The van der Waals surface area contributed by atoms with Gasteiger partial charge in [0.15, 0.2) is 9.79 Å². The van der Waals surface area contributed by atoms with Gasteiger partial charge in [0, 0.05) is 17.2 Å². The Morgan fingerprint density at radius 3 is 2.50 bits per heavy atom. The van der Waals surface area contributed by atoms with Crippen molar-refractivity contribution in [2.45, 2.75) is 16.2 Å². The van der Waals surface area contributed by atoms with Crippen LogP contribution in [0.2, 0.25) is 0 Å². The monoisotopic (exact) mass is 330 g/mol. The van der Waals surface area contributed by atoms with E-state index in [9.17, 15) is 22.5 Å². The van der Waals surface area contributed by atoms with Gasteiger partial charge in [0.25, 0.3) is 5.91 Å². The first-order chi connectivity index (χ1) is 10.3. The molecule has 1 heterocycles. The van der Waals surface area contributed by atoms with E-state index >= 15 is 0 Å². The molecule has 0 radical (unpaired) electrons. The van der Waals surface area contributed by atoms with Crippen LogP contribution in [0.5, 0.6) is 5.75 Å². The number of carbonyl (C=O) groups is 1. The van der Waals surface area contributed by atoms with E-state index in [1.54, 1.807) is 0 Å². The van der Waals surface area contributed by atoms with E-state index in [-0.39, 0.29) is 15.5 Å². The van der Waals surface area contributed by atoms with Gasteiger partial charge in [-0.1, -0.05) is 6.07 Å². The van der Waals surface area contributed by atoms with Gasteiger partial charge < -0.3 is 15.0 Å². The molecule has 9 heteroatoms. The van der Waals surface area contributed by atoms with Crippen molar-refractivity contribution in [3.05, 3.63) is 48.3 Å². The zero-order valence-corrected chi connectivity index (χ0v) is 11.6. The minimum atomic E-state index is -4.83. The lowest BCUT2D eigenvalue weighted by Gasteiger charge is -2.12. The fourth-order valence-corrected chi connectivity index (χ4v) is 2.60. The van der Waals surface area contributed by atoms with Gasteiger partial charge in [0.05, 0.1) is 6.20 Å². The summed E-state index contributed by atoms with van der Waals surface area (Å²) < 4.78 is 52.5. The van der Waals surface area contributed by atoms with Gasteiger partial charge in [0.1, 0.15) is 11.4 Å². The number of hydrogen-bond donors (Lipinski definition) is 1. The largest absolute Gasteiger partial charge is 0.606 e. The normalized spacial score (nSPS) is 12.7. The molecule has 1 atom stereocenters. The first kappa shape index (κ1) is 16.1. The Labute approximate surface area is 126 Å². The number of carbonyl (C=O) groups excluding carboxylic acids is 1. The molecule has 0 aliphatic carbocycles. The Morgan fingerprint density at radius 2 is 1.95 bits per heavy atom. The van der Waals surface area contributed by atoms with Crippen LogP contribution >= 0.6 is 0 Å². The summed E-state index contributed by atoms with van der Waals surface area (Å²) in [6.45, 7) is 0. The average Bonchev–Trinajstić information content (AvgIpc) is 2.45. The van der Waals surface area contributed by atoms with E-state index in [1.807, 2.05) is 0 Å². The SMILES string of the molecule is NC(=O)c1ccc([S+]([O-])c2cccc(OC(F)(F)F)c2)cn1. The minimum Gasteiger partial charge on any atom is -0.606 e. The predicted octanol–water partition coefficient (Wildman–Crippen LogP) is 2.25. The highest BCUT2D eigenvalue weighted by molar-refractivity contribution is 7.91. The number of alkyl halides is 3. The Bertz CT molecular complexity index is 677. The third kappa shape index (κ3) is 4.12. The topological polar surface area (TPSA) is 88.3 Å². The Balaban J connectivity index is 2.23. The van der Waals surface area contributed by atoms with Crippen LogP contribution < -0.4 is 10.5 Å².